The minimum absolute atomic E-state index is 0.0300. The van der Waals surface area contributed by atoms with Crippen LogP contribution >= 0.6 is 0 Å². The number of carbonyl (C=O) groups excluding carboxylic acids is 2. The zero-order valence-corrected chi connectivity index (χ0v) is 16.3. The van der Waals surface area contributed by atoms with E-state index in [9.17, 15) is 9.59 Å². The predicted octanol–water partition coefficient (Wildman–Crippen LogP) is 1.93. The van der Waals surface area contributed by atoms with Crippen LogP contribution in [0.15, 0.2) is 48.5 Å². The molecule has 2 amide bonds. The number of hydrogen-bond acceptors (Lipinski definition) is 4. The van der Waals surface area contributed by atoms with Crippen molar-refractivity contribution in [2.75, 3.05) is 33.4 Å². The number of benzene rings is 2. The number of aryl methyl sites for hydroxylation is 1. The van der Waals surface area contributed by atoms with Crippen molar-refractivity contribution in [3.63, 3.8) is 0 Å². The average Bonchev–Trinajstić information content (AvgIpc) is 2.69. The van der Waals surface area contributed by atoms with E-state index in [0.29, 0.717) is 13.0 Å². The van der Waals surface area contributed by atoms with Gasteiger partial charge in [-0.2, -0.15) is 0 Å². The summed E-state index contributed by atoms with van der Waals surface area (Å²) >= 11 is 0. The van der Waals surface area contributed by atoms with E-state index < -0.39 is 11.5 Å². The van der Waals surface area contributed by atoms with Crippen LogP contribution in [0.4, 0.5) is 0 Å². The largest absolute Gasteiger partial charge is 0.375 e. The molecule has 6 heteroatoms. The van der Waals surface area contributed by atoms with Crippen molar-refractivity contribution in [3.05, 3.63) is 59.7 Å². The highest BCUT2D eigenvalue weighted by molar-refractivity contribution is 5.86. The van der Waals surface area contributed by atoms with Crippen LogP contribution in [0, 0.1) is 6.92 Å². The fourth-order valence-corrected chi connectivity index (χ4v) is 3.49. The summed E-state index contributed by atoms with van der Waals surface area (Å²) in [6.07, 6.45) is 0.304. The topological polar surface area (TPSA) is 81.9 Å². The van der Waals surface area contributed by atoms with Gasteiger partial charge in [-0.05, 0) is 23.6 Å². The van der Waals surface area contributed by atoms with Gasteiger partial charge in [0.05, 0.1) is 13.2 Å². The van der Waals surface area contributed by atoms with Crippen LogP contribution in [-0.4, -0.2) is 55.7 Å². The van der Waals surface area contributed by atoms with Crippen molar-refractivity contribution < 1.29 is 19.1 Å². The van der Waals surface area contributed by atoms with E-state index in [0.717, 1.165) is 16.7 Å². The average molecular weight is 382 g/mol. The highest BCUT2D eigenvalue weighted by atomic mass is 16.5. The fraction of sp³-hybridized carbons (Fsp3) is 0.364. The summed E-state index contributed by atoms with van der Waals surface area (Å²) in [7, 11) is 1.47. The standard InChI is InChI=1S/C22H26N2O4/c1-16-6-8-18(9-7-16)19-5-3-4-17(12-19)13-22(21(23)26)15-24(10-11-28-22)20(25)14-27-2/h3-9,12H,10-11,13-15H2,1-2H3,(H2,23,26)/t22-/m0/s1. The van der Waals surface area contributed by atoms with Crippen molar-refractivity contribution in [3.8, 4) is 11.1 Å². The van der Waals surface area contributed by atoms with Gasteiger partial charge >= 0.3 is 0 Å². The lowest BCUT2D eigenvalue weighted by Crippen LogP contribution is -2.61. The molecule has 0 aliphatic carbocycles. The van der Waals surface area contributed by atoms with Crippen LogP contribution in [-0.2, 0) is 25.5 Å². The highest BCUT2D eigenvalue weighted by Crippen LogP contribution is 2.27. The maximum atomic E-state index is 12.3. The van der Waals surface area contributed by atoms with Crippen LogP contribution in [0.25, 0.3) is 11.1 Å². The molecule has 6 nitrogen and oxygen atoms in total. The first-order valence-corrected chi connectivity index (χ1v) is 9.30. The first kappa shape index (κ1) is 20.0. The molecule has 2 aromatic carbocycles. The number of morpholine rings is 1. The van der Waals surface area contributed by atoms with Gasteiger partial charge in [0, 0.05) is 20.1 Å². The molecule has 1 atom stereocenters. The summed E-state index contributed by atoms with van der Waals surface area (Å²) in [5, 5.41) is 0. The molecule has 2 N–H and O–H groups in total. The van der Waals surface area contributed by atoms with Crippen molar-refractivity contribution >= 4 is 11.8 Å². The van der Waals surface area contributed by atoms with Gasteiger partial charge in [-0.1, -0.05) is 54.1 Å². The summed E-state index contributed by atoms with van der Waals surface area (Å²) in [6, 6.07) is 16.2. The molecule has 0 aromatic heterocycles. The molecule has 3 rings (SSSR count). The molecule has 1 aliphatic rings. The molecular weight excluding hydrogens is 356 g/mol. The number of nitrogens with zero attached hydrogens (tertiary/aromatic N) is 1. The van der Waals surface area contributed by atoms with Gasteiger partial charge in [-0.3, -0.25) is 9.59 Å². The summed E-state index contributed by atoms with van der Waals surface area (Å²) in [5.74, 6) is -0.743. The Kier molecular flexibility index (Phi) is 6.11. The second-order valence-electron chi connectivity index (χ2n) is 7.20. The molecule has 0 unspecified atom stereocenters. The molecule has 0 spiro atoms. The van der Waals surface area contributed by atoms with E-state index in [1.54, 1.807) is 4.90 Å². The van der Waals surface area contributed by atoms with Crippen LogP contribution in [0.3, 0.4) is 0 Å². The normalized spacial score (nSPS) is 19.4. The van der Waals surface area contributed by atoms with Crippen molar-refractivity contribution in [2.45, 2.75) is 18.9 Å². The van der Waals surface area contributed by atoms with Crippen molar-refractivity contribution in [1.82, 2.24) is 4.90 Å². The molecule has 0 radical (unpaired) electrons. The number of carbonyl (C=O) groups is 2. The molecule has 148 valence electrons. The first-order valence-electron chi connectivity index (χ1n) is 9.30. The highest BCUT2D eigenvalue weighted by Gasteiger charge is 2.43. The minimum Gasteiger partial charge on any atom is -0.375 e. The van der Waals surface area contributed by atoms with Gasteiger partial charge in [0.15, 0.2) is 5.60 Å². The van der Waals surface area contributed by atoms with Gasteiger partial charge in [0.2, 0.25) is 5.91 Å². The van der Waals surface area contributed by atoms with E-state index in [1.165, 1.54) is 12.7 Å². The lowest BCUT2D eigenvalue weighted by molar-refractivity contribution is -0.165. The molecule has 28 heavy (non-hydrogen) atoms. The third-order valence-corrected chi connectivity index (χ3v) is 5.06. The van der Waals surface area contributed by atoms with E-state index in [2.05, 4.69) is 24.3 Å². The Morgan fingerprint density at radius 2 is 1.93 bits per heavy atom. The second-order valence-corrected chi connectivity index (χ2v) is 7.20. The maximum Gasteiger partial charge on any atom is 0.251 e. The van der Waals surface area contributed by atoms with Crippen LogP contribution < -0.4 is 5.73 Å². The molecule has 1 saturated heterocycles. The quantitative estimate of drug-likeness (QED) is 0.828. The molecule has 1 fully saturated rings. The minimum atomic E-state index is -1.24. The third-order valence-electron chi connectivity index (χ3n) is 5.06. The molecule has 1 heterocycles. The zero-order chi connectivity index (χ0) is 20.1. The number of methoxy groups -OCH3 is 1. The van der Waals surface area contributed by atoms with Gasteiger partial charge < -0.3 is 20.1 Å². The van der Waals surface area contributed by atoms with Crippen LogP contribution in [0.1, 0.15) is 11.1 Å². The number of ether oxygens (including phenoxy) is 2. The Morgan fingerprint density at radius 1 is 1.18 bits per heavy atom. The molecule has 1 aliphatic heterocycles. The lowest BCUT2D eigenvalue weighted by Gasteiger charge is -2.40. The Balaban J connectivity index is 1.84. The Labute approximate surface area is 165 Å². The zero-order valence-electron chi connectivity index (χ0n) is 16.3. The predicted molar refractivity (Wildman–Crippen MR) is 107 cm³/mol. The SMILES string of the molecule is COCC(=O)N1CCO[C@](Cc2cccc(-c3ccc(C)cc3)c2)(C(N)=O)C1. The molecule has 0 bridgehead atoms. The fourth-order valence-electron chi connectivity index (χ4n) is 3.49. The third kappa shape index (κ3) is 4.40. The number of nitrogens with two attached hydrogens (primary N) is 1. The van der Waals surface area contributed by atoms with Crippen molar-refractivity contribution in [2.24, 2.45) is 5.73 Å². The van der Waals surface area contributed by atoms with E-state index in [-0.39, 0.29) is 25.7 Å². The van der Waals surface area contributed by atoms with Crippen LogP contribution in [0.2, 0.25) is 0 Å². The number of rotatable bonds is 6. The Hall–Kier alpha value is -2.70. The maximum absolute atomic E-state index is 12.3. The van der Waals surface area contributed by atoms with E-state index in [1.807, 2.05) is 31.2 Å². The van der Waals surface area contributed by atoms with E-state index in [4.69, 9.17) is 15.2 Å². The molecular formula is C22H26N2O4. The first-order chi connectivity index (χ1) is 13.4. The Bertz CT molecular complexity index is 850. The summed E-state index contributed by atoms with van der Waals surface area (Å²) in [4.78, 5) is 26.1. The summed E-state index contributed by atoms with van der Waals surface area (Å²) < 4.78 is 10.8. The number of amides is 2. The van der Waals surface area contributed by atoms with Gasteiger partial charge in [-0.15, -0.1) is 0 Å². The van der Waals surface area contributed by atoms with Gasteiger partial charge in [0.1, 0.15) is 6.61 Å². The number of primary amides is 1. The van der Waals surface area contributed by atoms with Crippen molar-refractivity contribution in [1.29, 1.82) is 0 Å². The van der Waals surface area contributed by atoms with Gasteiger partial charge in [-0.25, -0.2) is 0 Å². The van der Waals surface area contributed by atoms with Gasteiger partial charge in [0.25, 0.3) is 5.91 Å². The molecule has 2 aromatic rings. The molecule has 0 saturated carbocycles. The number of hydrogen-bond donors (Lipinski definition) is 1. The summed E-state index contributed by atoms with van der Waals surface area (Å²) in [5.41, 5.74) is 8.76. The second kappa shape index (κ2) is 8.54. The Morgan fingerprint density at radius 3 is 2.61 bits per heavy atom. The monoisotopic (exact) mass is 382 g/mol. The van der Waals surface area contributed by atoms with Crippen LogP contribution in [0.5, 0.6) is 0 Å². The lowest BCUT2D eigenvalue weighted by atomic mass is 9.90. The summed E-state index contributed by atoms with van der Waals surface area (Å²) in [6.45, 7) is 2.82. The smallest absolute Gasteiger partial charge is 0.251 e. The van der Waals surface area contributed by atoms with E-state index >= 15 is 0 Å².